The summed E-state index contributed by atoms with van der Waals surface area (Å²) in [6.07, 6.45) is 7.74. The van der Waals surface area contributed by atoms with Crippen LogP contribution in [0.15, 0.2) is 46.5 Å². The van der Waals surface area contributed by atoms with Crippen LogP contribution in [0.1, 0.15) is 24.5 Å². The molecule has 2 aromatic heterocycles. The van der Waals surface area contributed by atoms with Gasteiger partial charge in [0.1, 0.15) is 17.5 Å². The Kier molecular flexibility index (Phi) is 6.47. The number of hydrogen-bond acceptors (Lipinski definition) is 8. The van der Waals surface area contributed by atoms with Crippen molar-refractivity contribution in [3.63, 3.8) is 0 Å². The van der Waals surface area contributed by atoms with Crippen molar-refractivity contribution in [1.82, 2.24) is 34.6 Å². The van der Waals surface area contributed by atoms with Gasteiger partial charge in [0.15, 0.2) is 11.6 Å². The average Bonchev–Trinajstić information content (AvgIpc) is 3.46. The van der Waals surface area contributed by atoms with E-state index in [1.807, 2.05) is 11.0 Å². The number of aryl methyl sites for hydroxylation is 2. The third kappa shape index (κ3) is 4.82. The number of anilines is 1. The summed E-state index contributed by atoms with van der Waals surface area (Å²) in [5.41, 5.74) is 0.944. The minimum atomic E-state index is -0.611. The van der Waals surface area contributed by atoms with Crippen LogP contribution in [0.3, 0.4) is 0 Å². The fourth-order valence-corrected chi connectivity index (χ4v) is 4.54. The molecule has 2 amide bonds. The predicted octanol–water partition coefficient (Wildman–Crippen LogP) is 2.75. The van der Waals surface area contributed by atoms with Gasteiger partial charge in [0.05, 0.1) is 23.9 Å². The fraction of sp³-hybridized carbons (Fsp3) is 0.375. The maximum Gasteiger partial charge on any atom is 0.341 e. The highest BCUT2D eigenvalue weighted by atomic mass is 19.1. The van der Waals surface area contributed by atoms with E-state index in [1.54, 1.807) is 31.0 Å². The monoisotopic (exact) mass is 506 g/mol. The van der Waals surface area contributed by atoms with E-state index in [2.05, 4.69) is 25.2 Å². The highest BCUT2D eigenvalue weighted by Crippen LogP contribution is 2.28. The summed E-state index contributed by atoms with van der Waals surface area (Å²) in [6.45, 7) is 5.07. The molecule has 1 saturated heterocycles. The molecule has 13 heteroatoms. The molecule has 37 heavy (non-hydrogen) atoms. The minimum Gasteiger partial charge on any atom is -0.337 e. The predicted molar refractivity (Wildman–Crippen MR) is 130 cm³/mol. The number of urea groups is 1. The van der Waals surface area contributed by atoms with Crippen molar-refractivity contribution in [1.29, 1.82) is 5.26 Å². The Morgan fingerprint density at radius 1 is 1.14 bits per heavy atom. The van der Waals surface area contributed by atoms with E-state index < -0.39 is 11.6 Å². The summed E-state index contributed by atoms with van der Waals surface area (Å²) in [5, 5.41) is 19.2. The number of carbonyl (C=O) groups is 1. The molecule has 0 aromatic carbocycles. The number of hydrogen-bond donors (Lipinski definition) is 0. The summed E-state index contributed by atoms with van der Waals surface area (Å²) in [6, 6.07) is 1.32. The van der Waals surface area contributed by atoms with Gasteiger partial charge < -0.3 is 9.80 Å². The van der Waals surface area contributed by atoms with E-state index in [1.165, 1.54) is 21.8 Å². The smallest absolute Gasteiger partial charge is 0.337 e. The van der Waals surface area contributed by atoms with Crippen molar-refractivity contribution in [3.8, 4) is 11.9 Å². The second kappa shape index (κ2) is 9.88. The van der Waals surface area contributed by atoms with Gasteiger partial charge in [-0.1, -0.05) is 0 Å². The first-order chi connectivity index (χ1) is 17.8. The number of halogens is 2. The van der Waals surface area contributed by atoms with E-state index in [9.17, 15) is 18.8 Å². The van der Waals surface area contributed by atoms with Crippen molar-refractivity contribution in [2.75, 3.05) is 31.1 Å². The zero-order valence-corrected chi connectivity index (χ0v) is 20.3. The quantitative estimate of drug-likeness (QED) is 0.628. The molecule has 0 saturated carbocycles. The number of aromatic nitrogens is 5. The molecule has 1 atom stereocenters. The maximum atomic E-state index is 14.5. The summed E-state index contributed by atoms with van der Waals surface area (Å²) >= 11 is 0. The zero-order valence-electron chi connectivity index (χ0n) is 20.3. The molecule has 0 unspecified atom stereocenters. The first-order valence-electron chi connectivity index (χ1n) is 11.8. The zero-order chi connectivity index (χ0) is 26.1. The molecule has 190 valence electrons. The lowest BCUT2D eigenvalue weighted by Gasteiger charge is -2.37. The van der Waals surface area contributed by atoms with Gasteiger partial charge in [-0.25, -0.2) is 28.6 Å². The van der Waals surface area contributed by atoms with Crippen LogP contribution < -0.4 is 4.90 Å². The van der Waals surface area contributed by atoms with E-state index in [-0.39, 0.29) is 29.9 Å². The summed E-state index contributed by atoms with van der Waals surface area (Å²) in [5.74, 6) is 0.283. The topological polar surface area (TPSA) is 119 Å². The first kappa shape index (κ1) is 24.2. The van der Waals surface area contributed by atoms with Crippen molar-refractivity contribution < 1.29 is 13.6 Å². The van der Waals surface area contributed by atoms with Crippen molar-refractivity contribution in [2.24, 2.45) is 5.10 Å². The molecular formula is C24H24F2N10O. The number of piperazine rings is 1. The number of nitrogens with zero attached hydrogens (tertiary/aromatic N) is 10. The molecule has 3 aliphatic rings. The molecule has 5 rings (SSSR count). The molecule has 1 fully saturated rings. The van der Waals surface area contributed by atoms with Gasteiger partial charge in [-0.15, -0.1) is 5.10 Å². The first-order valence-corrected chi connectivity index (χ1v) is 11.8. The van der Waals surface area contributed by atoms with Crippen LogP contribution in [-0.2, 0) is 0 Å². The second-order valence-corrected chi connectivity index (χ2v) is 8.83. The van der Waals surface area contributed by atoms with E-state index in [4.69, 9.17) is 0 Å². The molecule has 0 N–H and O–H groups in total. The highest BCUT2D eigenvalue weighted by Gasteiger charge is 2.34. The van der Waals surface area contributed by atoms with Crippen molar-refractivity contribution in [3.05, 3.63) is 58.9 Å². The third-order valence-electron chi connectivity index (χ3n) is 6.37. The SMILES string of the molecule is Cc1nc(C)n(-c2nc(N3CCN(C(=O)N4N=CC[C@H]4C4=CC(C#N)=CC(F)=CC4)CC3)ncc2F)n1. The Bertz CT molecular complexity index is 1390. The Hall–Kier alpha value is -4.47. The van der Waals surface area contributed by atoms with Crippen LogP contribution in [0.5, 0.6) is 0 Å². The van der Waals surface area contributed by atoms with Crippen LogP contribution in [0.25, 0.3) is 5.82 Å². The number of nitriles is 1. The lowest BCUT2D eigenvalue weighted by molar-refractivity contribution is 0.144. The van der Waals surface area contributed by atoms with Crippen molar-refractivity contribution >= 4 is 18.2 Å². The number of hydrazone groups is 1. The second-order valence-electron chi connectivity index (χ2n) is 8.83. The molecule has 0 spiro atoms. The van der Waals surface area contributed by atoms with Crippen LogP contribution in [0.2, 0.25) is 0 Å². The van der Waals surface area contributed by atoms with Crippen molar-refractivity contribution in [2.45, 2.75) is 32.7 Å². The van der Waals surface area contributed by atoms with E-state index in [0.29, 0.717) is 50.2 Å². The Morgan fingerprint density at radius 3 is 2.62 bits per heavy atom. The number of allylic oxidation sites excluding steroid dienone is 5. The van der Waals surface area contributed by atoms with Gasteiger partial charge >= 0.3 is 6.03 Å². The normalized spacial score (nSPS) is 19.8. The molecule has 0 radical (unpaired) electrons. The van der Waals surface area contributed by atoms with Gasteiger partial charge in [0.25, 0.3) is 0 Å². The molecule has 2 aliphatic heterocycles. The average molecular weight is 507 g/mol. The van der Waals surface area contributed by atoms with Gasteiger partial charge in [-0.05, 0) is 44.1 Å². The fourth-order valence-electron chi connectivity index (χ4n) is 4.54. The standard InChI is InChI=1S/C24H24F2N10O/c1-15-30-16(2)35(32-15)22-20(26)14-28-23(31-22)33-7-9-34(10-8-33)24(37)36-21(5-6-29-36)18-3-4-19(25)12-17(11-18)13-27/h4,6,11-12,14,21H,3,5,7-10H2,1-2H3/t21-/m0/s1. The summed E-state index contributed by atoms with van der Waals surface area (Å²) < 4.78 is 29.7. The largest absolute Gasteiger partial charge is 0.341 e. The molecular weight excluding hydrogens is 482 g/mol. The van der Waals surface area contributed by atoms with Crippen LogP contribution >= 0.6 is 0 Å². The Balaban J connectivity index is 1.27. The Labute approximate surface area is 211 Å². The number of rotatable bonds is 3. The van der Waals surface area contributed by atoms with E-state index >= 15 is 0 Å². The molecule has 4 heterocycles. The van der Waals surface area contributed by atoms with Crippen LogP contribution in [-0.4, -0.2) is 79.1 Å². The maximum absolute atomic E-state index is 14.5. The lowest BCUT2D eigenvalue weighted by Crippen LogP contribution is -2.53. The number of amides is 2. The van der Waals surface area contributed by atoms with Gasteiger partial charge in [-0.3, -0.25) is 0 Å². The highest BCUT2D eigenvalue weighted by molar-refractivity contribution is 5.79. The number of carbonyl (C=O) groups excluding carboxylic acids is 1. The lowest BCUT2D eigenvalue weighted by atomic mass is 10.00. The van der Waals surface area contributed by atoms with E-state index in [0.717, 1.165) is 11.8 Å². The summed E-state index contributed by atoms with van der Waals surface area (Å²) in [4.78, 5) is 29.6. The molecule has 11 nitrogen and oxygen atoms in total. The molecule has 1 aliphatic carbocycles. The van der Waals surface area contributed by atoms with Gasteiger partial charge in [-0.2, -0.15) is 20.0 Å². The minimum absolute atomic E-state index is 0.0174. The third-order valence-corrected chi connectivity index (χ3v) is 6.37. The van der Waals surface area contributed by atoms with Gasteiger partial charge in [0.2, 0.25) is 5.95 Å². The molecule has 0 bridgehead atoms. The summed E-state index contributed by atoms with van der Waals surface area (Å²) in [7, 11) is 0. The van der Waals surface area contributed by atoms with Crippen LogP contribution in [0, 0.1) is 31.0 Å². The van der Waals surface area contributed by atoms with Gasteiger partial charge in [0, 0.05) is 38.8 Å². The molecule has 2 aromatic rings. The Morgan fingerprint density at radius 2 is 1.92 bits per heavy atom. The van der Waals surface area contributed by atoms with Crippen LogP contribution in [0.4, 0.5) is 19.5 Å².